The zero-order valence-electron chi connectivity index (χ0n) is 30.7. The Morgan fingerprint density at radius 3 is 2.00 bits per heavy atom. The fourth-order valence-electron chi connectivity index (χ4n) is 9.06. The minimum Gasteiger partial charge on any atom is -0.456 e. The van der Waals surface area contributed by atoms with Gasteiger partial charge in [-0.2, -0.15) is 0 Å². The lowest BCUT2D eigenvalue weighted by atomic mass is 9.86. The molecule has 0 saturated carbocycles. The van der Waals surface area contributed by atoms with Crippen LogP contribution in [0.2, 0.25) is 0 Å². The fraction of sp³-hybridized carbons (Fsp3) is 0.0392. The van der Waals surface area contributed by atoms with Crippen molar-refractivity contribution in [1.82, 2.24) is 24.1 Å². The highest BCUT2D eigenvalue weighted by atomic mass is 16.3. The molecule has 6 heteroatoms. The summed E-state index contributed by atoms with van der Waals surface area (Å²) < 4.78 is 11.1. The van der Waals surface area contributed by atoms with Crippen molar-refractivity contribution in [3.63, 3.8) is 0 Å². The second kappa shape index (κ2) is 12.5. The molecular formula is C51H33N5O. The molecular weight excluding hydrogens is 699 g/mol. The van der Waals surface area contributed by atoms with Crippen LogP contribution in [0.15, 0.2) is 181 Å². The molecule has 0 saturated heterocycles. The van der Waals surface area contributed by atoms with Crippen LogP contribution >= 0.6 is 0 Å². The standard InChI is InChI=1S/C51H33N5O/c1-2-10-35(11-3-1)55-44-21-17-32(29-41(44)50-46(55)15-8-26-53-50)33-19-23-48-39(28-33)40-31-36(20-24-49(40)57-48)56-45-22-18-34(30-42(45)51-47(56)16-9-27-54-51)37-12-4-5-13-38(37)43-14-6-7-25-52-43/h1-27,29-31,33H,28H2. The Hall–Kier alpha value is -7.57. The Morgan fingerprint density at radius 2 is 1.21 bits per heavy atom. The maximum atomic E-state index is 6.49. The third kappa shape index (κ3) is 4.94. The van der Waals surface area contributed by atoms with Crippen molar-refractivity contribution < 1.29 is 4.42 Å². The van der Waals surface area contributed by atoms with Crippen LogP contribution in [0.4, 0.5) is 0 Å². The van der Waals surface area contributed by atoms with Gasteiger partial charge in [-0.25, -0.2) is 0 Å². The number of rotatable bonds is 5. The molecule has 1 aliphatic carbocycles. The molecule has 57 heavy (non-hydrogen) atoms. The van der Waals surface area contributed by atoms with E-state index in [0.717, 1.165) is 101 Å². The van der Waals surface area contributed by atoms with Gasteiger partial charge >= 0.3 is 0 Å². The van der Waals surface area contributed by atoms with E-state index in [1.165, 1.54) is 11.1 Å². The number of aromatic nitrogens is 5. The molecule has 0 N–H and O–H groups in total. The van der Waals surface area contributed by atoms with Crippen LogP contribution < -0.4 is 0 Å². The fourth-order valence-corrected chi connectivity index (χ4v) is 9.06. The van der Waals surface area contributed by atoms with Crippen LogP contribution in [0.5, 0.6) is 0 Å². The molecule has 1 atom stereocenters. The monoisotopic (exact) mass is 731 g/mol. The summed E-state index contributed by atoms with van der Waals surface area (Å²) >= 11 is 0. The lowest BCUT2D eigenvalue weighted by Gasteiger charge is -2.17. The molecule has 5 aromatic carbocycles. The van der Waals surface area contributed by atoms with Crippen molar-refractivity contribution >= 4 is 60.9 Å². The molecule has 0 radical (unpaired) electrons. The lowest BCUT2D eigenvalue weighted by Crippen LogP contribution is -2.04. The highest BCUT2D eigenvalue weighted by Gasteiger charge is 2.24. The highest BCUT2D eigenvalue weighted by molar-refractivity contribution is 6.09. The molecule has 6 heterocycles. The number of fused-ring (bicyclic) bond motifs is 9. The average molecular weight is 732 g/mol. The van der Waals surface area contributed by atoms with Crippen LogP contribution in [-0.4, -0.2) is 24.1 Å². The number of para-hydroxylation sites is 1. The number of hydrogen-bond donors (Lipinski definition) is 0. The van der Waals surface area contributed by atoms with Crippen molar-refractivity contribution in [3.05, 3.63) is 193 Å². The van der Waals surface area contributed by atoms with Gasteiger partial charge in [0.05, 0.1) is 38.8 Å². The summed E-state index contributed by atoms with van der Waals surface area (Å²) in [7, 11) is 0. The number of hydrogen-bond acceptors (Lipinski definition) is 4. The third-order valence-electron chi connectivity index (χ3n) is 11.7. The smallest absolute Gasteiger partial charge is 0.135 e. The highest BCUT2D eigenvalue weighted by Crippen LogP contribution is 2.41. The second-order valence-electron chi connectivity index (χ2n) is 14.8. The van der Waals surface area contributed by atoms with Crippen molar-refractivity contribution in [3.8, 4) is 33.8 Å². The molecule has 1 aliphatic rings. The maximum Gasteiger partial charge on any atom is 0.135 e. The van der Waals surface area contributed by atoms with Crippen LogP contribution in [0.1, 0.15) is 22.8 Å². The number of allylic oxidation sites excluding steroid dienone is 1. The van der Waals surface area contributed by atoms with E-state index in [9.17, 15) is 0 Å². The summed E-state index contributed by atoms with van der Waals surface area (Å²) in [6, 6.07) is 53.6. The van der Waals surface area contributed by atoms with Gasteiger partial charge in [-0.3, -0.25) is 15.0 Å². The van der Waals surface area contributed by atoms with E-state index in [1.54, 1.807) is 0 Å². The van der Waals surface area contributed by atoms with Crippen LogP contribution in [0, 0.1) is 0 Å². The van der Waals surface area contributed by atoms with E-state index in [1.807, 2.05) is 42.9 Å². The predicted molar refractivity (Wildman–Crippen MR) is 231 cm³/mol. The van der Waals surface area contributed by atoms with Gasteiger partial charge in [-0.05, 0) is 120 Å². The van der Waals surface area contributed by atoms with Crippen molar-refractivity contribution in [1.29, 1.82) is 0 Å². The molecule has 0 spiro atoms. The van der Waals surface area contributed by atoms with E-state index < -0.39 is 0 Å². The molecule has 0 amide bonds. The Labute approximate surface area is 327 Å². The Balaban J connectivity index is 0.951. The zero-order valence-corrected chi connectivity index (χ0v) is 30.7. The number of furan rings is 1. The third-order valence-corrected chi connectivity index (χ3v) is 11.7. The zero-order chi connectivity index (χ0) is 37.5. The summed E-state index contributed by atoms with van der Waals surface area (Å²) in [6.45, 7) is 0. The molecule has 268 valence electrons. The molecule has 0 bridgehead atoms. The van der Waals surface area contributed by atoms with Crippen molar-refractivity contribution in [2.75, 3.05) is 0 Å². The normalized spacial score (nSPS) is 14.0. The summed E-state index contributed by atoms with van der Waals surface area (Å²) in [5.74, 6) is 1.12. The molecule has 11 aromatic rings. The molecule has 6 nitrogen and oxygen atoms in total. The van der Waals surface area contributed by atoms with Crippen LogP contribution in [0.25, 0.3) is 94.7 Å². The number of benzene rings is 5. The van der Waals surface area contributed by atoms with Gasteiger partial charge in [0.2, 0.25) is 0 Å². The van der Waals surface area contributed by atoms with Crippen LogP contribution in [0.3, 0.4) is 0 Å². The van der Waals surface area contributed by atoms with E-state index >= 15 is 0 Å². The van der Waals surface area contributed by atoms with Crippen molar-refractivity contribution in [2.45, 2.75) is 12.3 Å². The van der Waals surface area contributed by atoms with E-state index in [-0.39, 0.29) is 5.92 Å². The van der Waals surface area contributed by atoms with Gasteiger partial charge in [-0.15, -0.1) is 0 Å². The largest absolute Gasteiger partial charge is 0.456 e. The lowest BCUT2D eigenvalue weighted by molar-refractivity contribution is 0.591. The summed E-state index contributed by atoms with van der Waals surface area (Å²) in [4.78, 5) is 14.5. The first kappa shape index (κ1) is 31.7. The Morgan fingerprint density at radius 1 is 0.509 bits per heavy atom. The summed E-state index contributed by atoms with van der Waals surface area (Å²) in [5.41, 5.74) is 16.3. The summed E-state index contributed by atoms with van der Waals surface area (Å²) in [5, 5.41) is 3.41. The van der Waals surface area contributed by atoms with Gasteiger partial charge in [0.25, 0.3) is 0 Å². The average Bonchev–Trinajstić information content (AvgIpc) is 3.93. The molecule has 12 rings (SSSR count). The minimum atomic E-state index is 0.190. The molecule has 0 fully saturated rings. The van der Waals surface area contributed by atoms with E-state index in [0.29, 0.717) is 0 Å². The maximum absolute atomic E-state index is 6.49. The van der Waals surface area contributed by atoms with Gasteiger partial charge < -0.3 is 13.6 Å². The Kier molecular flexibility index (Phi) is 6.95. The molecule has 1 unspecified atom stereocenters. The van der Waals surface area contributed by atoms with Gasteiger partial charge in [0.1, 0.15) is 11.3 Å². The summed E-state index contributed by atoms with van der Waals surface area (Å²) in [6.07, 6.45) is 10.9. The molecule has 6 aromatic heterocycles. The predicted octanol–water partition coefficient (Wildman–Crippen LogP) is 12.5. The number of nitrogens with zero attached hydrogens (tertiary/aromatic N) is 5. The first-order valence-electron chi connectivity index (χ1n) is 19.4. The topological polar surface area (TPSA) is 61.7 Å². The second-order valence-corrected chi connectivity index (χ2v) is 14.8. The minimum absolute atomic E-state index is 0.190. The van der Waals surface area contributed by atoms with E-state index in [2.05, 4.69) is 154 Å². The Bertz CT molecular complexity index is 3390. The quantitative estimate of drug-likeness (QED) is 0.177. The van der Waals surface area contributed by atoms with Gasteiger partial charge in [-0.1, -0.05) is 66.7 Å². The van der Waals surface area contributed by atoms with Gasteiger partial charge in [0.15, 0.2) is 0 Å². The first-order chi connectivity index (χ1) is 28.3. The number of pyridine rings is 3. The van der Waals surface area contributed by atoms with E-state index in [4.69, 9.17) is 14.4 Å². The first-order valence-corrected chi connectivity index (χ1v) is 19.4. The molecule has 0 aliphatic heterocycles. The van der Waals surface area contributed by atoms with Crippen LogP contribution in [-0.2, 0) is 6.42 Å². The SMILES string of the molecule is C1=CC(c2ccc3c(c2)c2ncccc2n3-c2ccccc2)Cc2c1oc1ccc(-n3c4ccc(-c5ccccc5-c5ccccn5)cc4c4ncccc43)cc21. The van der Waals surface area contributed by atoms with Gasteiger partial charge in [0, 0.05) is 63.2 Å². The van der Waals surface area contributed by atoms with Crippen molar-refractivity contribution in [2.24, 2.45) is 0 Å².